The molecule has 1 amide bonds. The molecule has 0 radical (unpaired) electrons. The molecule has 2 aromatic carbocycles. The van der Waals surface area contributed by atoms with E-state index in [-0.39, 0.29) is 5.91 Å². The third kappa shape index (κ3) is 2.68. The third-order valence-electron chi connectivity index (χ3n) is 4.00. The summed E-state index contributed by atoms with van der Waals surface area (Å²) in [6.45, 7) is 0. The summed E-state index contributed by atoms with van der Waals surface area (Å²) < 4.78 is 11.5. The first-order valence-electron chi connectivity index (χ1n) is 7.57. The molecule has 1 aliphatic heterocycles. The monoisotopic (exact) mass is 353 g/mol. The fraction of sp³-hybridized carbons (Fsp3) is 0.111. The quantitative estimate of drug-likeness (QED) is 0.700. The van der Waals surface area contributed by atoms with Crippen LogP contribution in [0.3, 0.4) is 0 Å². The summed E-state index contributed by atoms with van der Waals surface area (Å²) in [5.41, 5.74) is 5.69. The molecule has 1 aromatic heterocycles. The zero-order valence-electron chi connectivity index (χ0n) is 13.6. The second-order valence-corrected chi connectivity index (χ2v) is 6.30. The highest BCUT2D eigenvalue weighted by Crippen LogP contribution is 2.39. The first-order chi connectivity index (χ1) is 12.2. The minimum Gasteiger partial charge on any atom is -0.497 e. The lowest BCUT2D eigenvalue weighted by Crippen LogP contribution is -2.05. The number of carbonyl (C=O) groups is 1. The molecular weight excluding hydrogens is 338 g/mol. The Bertz CT molecular complexity index is 988. The number of hydrogen-bond acceptors (Lipinski definition) is 6. The molecule has 25 heavy (non-hydrogen) atoms. The number of fused-ring (bicyclic) bond motifs is 3. The topological polar surface area (TPSA) is 72.5 Å². The summed E-state index contributed by atoms with van der Waals surface area (Å²) >= 11 is 1.52. The summed E-state index contributed by atoms with van der Waals surface area (Å²) in [4.78, 5) is 16.7. The predicted molar refractivity (Wildman–Crippen MR) is 99.4 cm³/mol. The zero-order chi connectivity index (χ0) is 17.4. The highest BCUT2D eigenvalue weighted by Gasteiger charge is 2.27. The highest BCUT2D eigenvalue weighted by atomic mass is 32.1. The number of ether oxygens (including phenoxy) is 2. The van der Waals surface area contributed by atoms with Crippen LogP contribution in [0.25, 0.3) is 15.8 Å². The van der Waals surface area contributed by atoms with Crippen LogP contribution in [-0.4, -0.2) is 25.1 Å². The van der Waals surface area contributed by atoms with Gasteiger partial charge in [-0.2, -0.15) is 0 Å². The van der Waals surface area contributed by atoms with Crippen molar-refractivity contribution in [2.75, 3.05) is 24.9 Å². The Balaban J connectivity index is 1.74. The molecule has 0 unspecified atom stereocenters. The van der Waals surface area contributed by atoms with Crippen molar-refractivity contribution in [3.05, 3.63) is 47.6 Å². The number of nitrogens with one attached hydrogen (secondary N) is 2. The number of amides is 1. The number of nitrogens with zero attached hydrogens (tertiary/aromatic N) is 1. The summed E-state index contributed by atoms with van der Waals surface area (Å²) in [6, 6.07) is 9.25. The summed E-state index contributed by atoms with van der Waals surface area (Å²) in [5, 5.41) is 6.06. The number of aromatic nitrogens is 1. The molecular formula is C18H15N3O3S. The molecule has 0 aliphatic carbocycles. The van der Waals surface area contributed by atoms with Crippen molar-refractivity contribution >= 4 is 44.4 Å². The number of benzene rings is 2. The van der Waals surface area contributed by atoms with Gasteiger partial charge in [-0.05, 0) is 12.1 Å². The van der Waals surface area contributed by atoms with Gasteiger partial charge in [-0.15, -0.1) is 11.3 Å². The Morgan fingerprint density at radius 1 is 1.16 bits per heavy atom. The summed E-state index contributed by atoms with van der Waals surface area (Å²) in [7, 11) is 3.19. The zero-order valence-corrected chi connectivity index (χ0v) is 14.4. The Morgan fingerprint density at radius 3 is 2.64 bits per heavy atom. The number of carbonyl (C=O) groups excluding carboxylic acids is 1. The molecule has 0 atom stereocenters. The van der Waals surface area contributed by atoms with E-state index in [4.69, 9.17) is 9.47 Å². The van der Waals surface area contributed by atoms with Gasteiger partial charge in [0.1, 0.15) is 11.5 Å². The number of methoxy groups -OCH3 is 2. The van der Waals surface area contributed by atoms with Crippen molar-refractivity contribution < 1.29 is 14.3 Å². The van der Waals surface area contributed by atoms with Crippen molar-refractivity contribution in [2.45, 2.75) is 0 Å². The standard InChI is InChI=1S/C18H15N3O3S/c1-23-11-5-10(6-12(7-11)24-2)19-8-13-16-14(21-18(13)22)3-4-15-17(16)25-9-20-15/h3-9,19H,1-2H3,(H,21,22). The fourth-order valence-electron chi connectivity index (χ4n) is 2.79. The fourth-order valence-corrected chi connectivity index (χ4v) is 3.64. The molecule has 2 heterocycles. The van der Waals surface area contributed by atoms with E-state index in [9.17, 15) is 4.79 Å². The molecule has 7 heteroatoms. The Morgan fingerprint density at radius 2 is 1.92 bits per heavy atom. The lowest BCUT2D eigenvalue weighted by molar-refractivity contribution is -0.110. The second kappa shape index (κ2) is 6.10. The molecule has 3 aromatic rings. The maximum absolute atomic E-state index is 12.4. The van der Waals surface area contributed by atoms with Crippen molar-refractivity contribution in [3.8, 4) is 11.5 Å². The van der Waals surface area contributed by atoms with Gasteiger partial charge in [-0.1, -0.05) is 0 Å². The van der Waals surface area contributed by atoms with Gasteiger partial charge >= 0.3 is 0 Å². The summed E-state index contributed by atoms with van der Waals surface area (Å²) in [6.07, 6.45) is 1.70. The number of hydrogen-bond donors (Lipinski definition) is 2. The van der Waals surface area contributed by atoms with E-state index in [0.717, 1.165) is 27.2 Å². The highest BCUT2D eigenvalue weighted by molar-refractivity contribution is 7.17. The van der Waals surface area contributed by atoms with Crippen LogP contribution < -0.4 is 20.1 Å². The molecule has 6 nitrogen and oxygen atoms in total. The number of thiazole rings is 1. The van der Waals surface area contributed by atoms with Crippen LogP contribution in [0, 0.1) is 0 Å². The average Bonchev–Trinajstić information content (AvgIpc) is 3.22. The van der Waals surface area contributed by atoms with Gasteiger partial charge in [-0.25, -0.2) is 4.98 Å². The molecule has 0 bridgehead atoms. The van der Waals surface area contributed by atoms with E-state index in [1.807, 2.05) is 24.3 Å². The lowest BCUT2D eigenvalue weighted by Gasteiger charge is -2.09. The van der Waals surface area contributed by atoms with E-state index in [0.29, 0.717) is 17.1 Å². The minimum atomic E-state index is -0.140. The van der Waals surface area contributed by atoms with Crippen LogP contribution in [-0.2, 0) is 4.79 Å². The van der Waals surface area contributed by atoms with Gasteiger partial charge in [0.25, 0.3) is 5.91 Å². The Labute approximate surface area is 148 Å². The predicted octanol–water partition coefficient (Wildman–Crippen LogP) is 3.72. The smallest absolute Gasteiger partial charge is 0.257 e. The maximum Gasteiger partial charge on any atom is 0.257 e. The van der Waals surface area contributed by atoms with E-state index >= 15 is 0 Å². The van der Waals surface area contributed by atoms with Crippen molar-refractivity contribution in [2.24, 2.45) is 0 Å². The molecule has 126 valence electrons. The molecule has 4 rings (SSSR count). The second-order valence-electron chi connectivity index (χ2n) is 5.45. The van der Waals surface area contributed by atoms with Gasteiger partial charge in [-0.3, -0.25) is 4.79 Å². The van der Waals surface area contributed by atoms with Crippen LogP contribution in [0.5, 0.6) is 11.5 Å². The van der Waals surface area contributed by atoms with Crippen LogP contribution in [0.15, 0.2) is 42.0 Å². The molecule has 0 saturated carbocycles. The largest absolute Gasteiger partial charge is 0.497 e. The van der Waals surface area contributed by atoms with E-state index in [1.165, 1.54) is 11.3 Å². The lowest BCUT2D eigenvalue weighted by atomic mass is 10.1. The average molecular weight is 353 g/mol. The molecule has 2 N–H and O–H groups in total. The minimum absolute atomic E-state index is 0.140. The first-order valence-corrected chi connectivity index (χ1v) is 8.45. The van der Waals surface area contributed by atoms with Gasteiger partial charge < -0.3 is 20.1 Å². The first kappa shape index (κ1) is 15.5. The van der Waals surface area contributed by atoms with Crippen molar-refractivity contribution in [1.82, 2.24) is 4.98 Å². The number of anilines is 2. The maximum atomic E-state index is 12.4. The Hall–Kier alpha value is -3.06. The van der Waals surface area contributed by atoms with Crippen LogP contribution in [0.4, 0.5) is 11.4 Å². The van der Waals surface area contributed by atoms with Crippen LogP contribution >= 0.6 is 11.3 Å². The van der Waals surface area contributed by atoms with Gasteiger partial charge in [0, 0.05) is 35.6 Å². The number of rotatable bonds is 4. The normalized spacial score (nSPS) is 14.5. The molecule has 0 fully saturated rings. The molecule has 0 saturated heterocycles. The SMILES string of the molecule is COc1cc(NC=C2C(=O)Nc3ccc4ncsc4c32)cc(OC)c1. The van der Waals surface area contributed by atoms with E-state index < -0.39 is 0 Å². The van der Waals surface area contributed by atoms with E-state index in [2.05, 4.69) is 15.6 Å². The van der Waals surface area contributed by atoms with Gasteiger partial charge in [0.2, 0.25) is 0 Å². The summed E-state index contributed by atoms with van der Waals surface area (Å²) in [5.74, 6) is 1.20. The molecule has 0 spiro atoms. The third-order valence-corrected chi connectivity index (χ3v) is 4.86. The van der Waals surface area contributed by atoms with Crippen LogP contribution in [0.2, 0.25) is 0 Å². The van der Waals surface area contributed by atoms with Gasteiger partial charge in [0.15, 0.2) is 0 Å². The van der Waals surface area contributed by atoms with Crippen molar-refractivity contribution in [3.63, 3.8) is 0 Å². The van der Waals surface area contributed by atoms with Crippen molar-refractivity contribution in [1.29, 1.82) is 0 Å². The Kier molecular flexibility index (Phi) is 3.77. The van der Waals surface area contributed by atoms with Crippen LogP contribution in [0.1, 0.15) is 5.56 Å². The van der Waals surface area contributed by atoms with Gasteiger partial charge in [0.05, 0.1) is 41.2 Å². The molecule has 1 aliphatic rings. The van der Waals surface area contributed by atoms with E-state index in [1.54, 1.807) is 32.0 Å².